The first-order chi connectivity index (χ1) is 10.1. The van der Waals surface area contributed by atoms with Crippen molar-refractivity contribution >= 4 is 11.9 Å². The van der Waals surface area contributed by atoms with Gasteiger partial charge in [0.2, 0.25) is 0 Å². The Labute approximate surface area is 123 Å². The van der Waals surface area contributed by atoms with Crippen LogP contribution in [0.3, 0.4) is 0 Å². The van der Waals surface area contributed by atoms with E-state index in [4.69, 9.17) is 9.90 Å². The molecular weight excluding hydrogens is 270 g/mol. The zero-order valence-corrected chi connectivity index (χ0v) is 12.1. The summed E-state index contributed by atoms with van der Waals surface area (Å²) in [5.74, 6) is 0.488. The molecule has 0 saturated heterocycles. The standard InChI is InChI=1S/C13H17N3O.C2H4O2/c17-12-6-2-3-9-10(12)4-1-5-11(9)16-13-14-7-8-15-13;1-2(3)4/h2-3,6,11,17H,1,4-5,7-8H2,(H2,14,15,16);1H3,(H,3,4). The number of hydrogen-bond donors (Lipinski definition) is 4. The second-order valence-electron chi connectivity index (χ2n) is 5.11. The highest BCUT2D eigenvalue weighted by Crippen LogP contribution is 2.34. The van der Waals surface area contributed by atoms with Crippen LogP contribution in [-0.4, -0.2) is 35.2 Å². The van der Waals surface area contributed by atoms with Crippen LogP contribution in [0, 0.1) is 0 Å². The Morgan fingerprint density at radius 1 is 1.48 bits per heavy atom. The van der Waals surface area contributed by atoms with Gasteiger partial charge in [0.05, 0.1) is 12.6 Å². The number of phenols is 1. The summed E-state index contributed by atoms with van der Waals surface area (Å²) in [5, 5.41) is 23.9. The Morgan fingerprint density at radius 2 is 2.24 bits per heavy atom. The molecule has 0 amide bonds. The number of carbonyl (C=O) groups is 1. The first-order valence-electron chi connectivity index (χ1n) is 7.13. The number of aromatic hydroxyl groups is 1. The number of guanidine groups is 1. The maximum atomic E-state index is 9.86. The van der Waals surface area contributed by atoms with Crippen LogP contribution >= 0.6 is 0 Å². The number of phenolic OH excluding ortho intramolecular Hbond substituents is 1. The molecule has 21 heavy (non-hydrogen) atoms. The minimum atomic E-state index is -0.833. The van der Waals surface area contributed by atoms with Gasteiger partial charge in [-0.25, -0.2) is 0 Å². The summed E-state index contributed by atoms with van der Waals surface area (Å²) in [6.45, 7) is 2.85. The SMILES string of the molecule is CC(=O)O.Oc1cccc2c1CCCC2NC1=NCCN1. The van der Waals surface area contributed by atoms with Crippen molar-refractivity contribution in [2.45, 2.75) is 32.2 Å². The number of carboxylic acids is 1. The predicted octanol–water partition coefficient (Wildman–Crippen LogP) is 1.41. The maximum Gasteiger partial charge on any atom is 0.300 e. The molecule has 2 aliphatic rings. The van der Waals surface area contributed by atoms with Crippen molar-refractivity contribution in [3.63, 3.8) is 0 Å². The van der Waals surface area contributed by atoms with E-state index in [2.05, 4.69) is 21.7 Å². The third-order valence-corrected chi connectivity index (χ3v) is 3.47. The Balaban J connectivity index is 0.000000361. The zero-order chi connectivity index (χ0) is 15.2. The van der Waals surface area contributed by atoms with Crippen molar-refractivity contribution in [2.75, 3.05) is 13.1 Å². The van der Waals surface area contributed by atoms with E-state index in [1.165, 1.54) is 5.56 Å². The summed E-state index contributed by atoms with van der Waals surface area (Å²) < 4.78 is 0. The normalized spacial score (nSPS) is 19.5. The highest BCUT2D eigenvalue weighted by molar-refractivity contribution is 5.81. The van der Waals surface area contributed by atoms with E-state index in [9.17, 15) is 5.11 Å². The lowest BCUT2D eigenvalue weighted by molar-refractivity contribution is -0.134. The number of fused-ring (bicyclic) bond motifs is 1. The molecule has 1 aromatic rings. The van der Waals surface area contributed by atoms with Crippen LogP contribution in [0.15, 0.2) is 23.2 Å². The van der Waals surface area contributed by atoms with Crippen LogP contribution in [-0.2, 0) is 11.2 Å². The molecule has 6 nitrogen and oxygen atoms in total. The molecule has 0 saturated carbocycles. The van der Waals surface area contributed by atoms with Crippen LogP contribution in [0.2, 0.25) is 0 Å². The van der Waals surface area contributed by atoms with E-state index >= 15 is 0 Å². The molecule has 1 aliphatic carbocycles. The van der Waals surface area contributed by atoms with E-state index in [0.717, 1.165) is 50.8 Å². The lowest BCUT2D eigenvalue weighted by Crippen LogP contribution is -2.37. The van der Waals surface area contributed by atoms with E-state index < -0.39 is 5.97 Å². The fourth-order valence-corrected chi connectivity index (χ4v) is 2.64. The molecule has 0 bridgehead atoms. The van der Waals surface area contributed by atoms with Gasteiger partial charge in [0.1, 0.15) is 5.75 Å². The van der Waals surface area contributed by atoms with Gasteiger partial charge in [-0.2, -0.15) is 0 Å². The molecule has 1 heterocycles. The molecule has 1 aromatic carbocycles. The number of nitrogens with zero attached hydrogens (tertiary/aromatic N) is 1. The van der Waals surface area contributed by atoms with Gasteiger partial charge in [-0.3, -0.25) is 9.79 Å². The van der Waals surface area contributed by atoms with Gasteiger partial charge in [-0.05, 0) is 36.5 Å². The number of nitrogens with one attached hydrogen (secondary N) is 2. The Bertz CT molecular complexity index is 539. The highest BCUT2D eigenvalue weighted by atomic mass is 16.4. The quantitative estimate of drug-likeness (QED) is 0.627. The average Bonchev–Trinajstić information content (AvgIpc) is 2.92. The number of rotatable bonds is 1. The summed E-state index contributed by atoms with van der Waals surface area (Å²) in [6.07, 6.45) is 3.17. The summed E-state index contributed by atoms with van der Waals surface area (Å²) in [6, 6.07) is 6.06. The predicted molar refractivity (Wildman–Crippen MR) is 80.5 cm³/mol. The Morgan fingerprint density at radius 3 is 2.90 bits per heavy atom. The summed E-state index contributed by atoms with van der Waals surface area (Å²) in [7, 11) is 0. The van der Waals surface area contributed by atoms with Crippen LogP contribution < -0.4 is 10.6 Å². The van der Waals surface area contributed by atoms with Crippen LogP contribution in [0.1, 0.15) is 36.9 Å². The fourth-order valence-electron chi connectivity index (χ4n) is 2.64. The first kappa shape index (κ1) is 15.2. The molecule has 1 unspecified atom stereocenters. The smallest absolute Gasteiger partial charge is 0.300 e. The van der Waals surface area contributed by atoms with Crippen molar-refractivity contribution < 1.29 is 15.0 Å². The third-order valence-electron chi connectivity index (χ3n) is 3.47. The number of hydrogen-bond acceptors (Lipinski definition) is 5. The number of aliphatic carboxylic acids is 1. The van der Waals surface area contributed by atoms with Crippen molar-refractivity contribution in [2.24, 2.45) is 4.99 Å². The van der Waals surface area contributed by atoms with E-state index in [1.807, 2.05) is 6.07 Å². The molecule has 6 heteroatoms. The van der Waals surface area contributed by atoms with Gasteiger partial charge < -0.3 is 20.8 Å². The molecular formula is C15H21N3O3. The maximum absolute atomic E-state index is 9.86. The van der Waals surface area contributed by atoms with Gasteiger partial charge >= 0.3 is 0 Å². The lowest BCUT2D eigenvalue weighted by atomic mass is 9.87. The molecule has 114 valence electrons. The van der Waals surface area contributed by atoms with Gasteiger partial charge in [-0.15, -0.1) is 0 Å². The molecule has 1 aliphatic heterocycles. The zero-order valence-electron chi connectivity index (χ0n) is 12.1. The molecule has 3 rings (SSSR count). The van der Waals surface area contributed by atoms with Crippen molar-refractivity contribution in [1.82, 2.24) is 10.6 Å². The minimum absolute atomic E-state index is 0.273. The van der Waals surface area contributed by atoms with Crippen molar-refractivity contribution in [3.8, 4) is 5.75 Å². The van der Waals surface area contributed by atoms with Gasteiger partial charge in [0.25, 0.3) is 5.97 Å². The van der Waals surface area contributed by atoms with Gasteiger partial charge in [0.15, 0.2) is 5.96 Å². The molecule has 0 aromatic heterocycles. The molecule has 0 spiro atoms. The Kier molecular flexibility index (Phi) is 5.03. The van der Waals surface area contributed by atoms with Gasteiger partial charge in [-0.1, -0.05) is 12.1 Å². The summed E-state index contributed by atoms with van der Waals surface area (Å²) in [5.41, 5.74) is 2.31. The van der Waals surface area contributed by atoms with Crippen LogP contribution in [0.4, 0.5) is 0 Å². The molecule has 1 atom stereocenters. The number of carboxylic acid groups (broad SMARTS) is 1. The van der Waals surface area contributed by atoms with E-state index in [1.54, 1.807) is 6.07 Å². The first-order valence-corrected chi connectivity index (χ1v) is 7.13. The fraction of sp³-hybridized carbons (Fsp3) is 0.467. The summed E-state index contributed by atoms with van der Waals surface area (Å²) >= 11 is 0. The monoisotopic (exact) mass is 291 g/mol. The molecule has 0 fully saturated rings. The Hall–Kier alpha value is -2.24. The lowest BCUT2D eigenvalue weighted by Gasteiger charge is -2.27. The van der Waals surface area contributed by atoms with Crippen molar-refractivity contribution in [1.29, 1.82) is 0 Å². The third kappa shape index (κ3) is 4.11. The van der Waals surface area contributed by atoms with E-state index in [-0.39, 0.29) is 6.04 Å². The second kappa shape index (κ2) is 6.97. The van der Waals surface area contributed by atoms with Crippen molar-refractivity contribution in [3.05, 3.63) is 29.3 Å². The van der Waals surface area contributed by atoms with Gasteiger partial charge in [0, 0.05) is 13.5 Å². The minimum Gasteiger partial charge on any atom is -0.508 e. The van der Waals surface area contributed by atoms with Crippen LogP contribution in [0.5, 0.6) is 5.75 Å². The summed E-state index contributed by atoms with van der Waals surface area (Å²) in [4.78, 5) is 13.4. The molecule has 0 radical (unpaired) electrons. The van der Waals surface area contributed by atoms with Crippen LogP contribution in [0.25, 0.3) is 0 Å². The average molecular weight is 291 g/mol. The number of benzene rings is 1. The second-order valence-corrected chi connectivity index (χ2v) is 5.11. The largest absolute Gasteiger partial charge is 0.508 e. The molecule has 4 N–H and O–H groups in total. The number of aliphatic imine (C=N–C) groups is 1. The van der Waals surface area contributed by atoms with E-state index in [0.29, 0.717) is 5.75 Å². The highest BCUT2D eigenvalue weighted by Gasteiger charge is 2.23. The topological polar surface area (TPSA) is 94.0 Å².